The van der Waals surface area contributed by atoms with Crippen LogP contribution < -0.4 is 16.5 Å². The Morgan fingerprint density at radius 3 is 2.29 bits per heavy atom. The number of hydrogen-bond donors (Lipinski definition) is 3. The normalized spacial score (nSPS) is 11.7. The molecule has 0 spiro atoms. The van der Waals surface area contributed by atoms with Crippen LogP contribution in [0.3, 0.4) is 0 Å². The van der Waals surface area contributed by atoms with Gasteiger partial charge in [0.25, 0.3) is 0 Å². The Labute approximate surface area is 234 Å². The molecule has 0 heterocycles. The number of alkyl halides is 3. The van der Waals surface area contributed by atoms with E-state index in [0.717, 1.165) is 35.0 Å². The number of sulfone groups is 1. The second-order valence-corrected chi connectivity index (χ2v) is 11.2. The number of carbonyl (C=O) groups is 1. The van der Waals surface area contributed by atoms with Crippen molar-refractivity contribution in [3.05, 3.63) is 114 Å². The highest BCUT2D eigenvalue weighted by Crippen LogP contribution is 2.31. The highest BCUT2D eigenvalue weighted by Gasteiger charge is 2.30. The summed E-state index contributed by atoms with van der Waals surface area (Å²) < 4.78 is 79.4. The average molecular weight is 587 g/mol. The highest BCUT2D eigenvalue weighted by molar-refractivity contribution is 7.90. The molecule has 0 atom stereocenters. The molecule has 4 rings (SSSR count). The predicted octanol–water partition coefficient (Wildman–Crippen LogP) is 6.43. The molecule has 0 radical (unpaired) electrons. The summed E-state index contributed by atoms with van der Waals surface area (Å²) in [6.07, 6.45) is -3.53. The fraction of sp³-hybridized carbons (Fsp3) is 0.138. The van der Waals surface area contributed by atoms with Crippen LogP contribution in [0.25, 0.3) is 11.1 Å². The largest absolute Gasteiger partial charge is 0.416 e. The zero-order valence-electron chi connectivity index (χ0n) is 21.7. The SMILES string of the molecule is CS(=O)(=O)c1ccccc1-c1ccc(NC(=O)N(Cc2cccc(C(F)(F)F)c2)Nc2cccc(CN)c2)c(F)c1. The van der Waals surface area contributed by atoms with Gasteiger partial charge in [0, 0.05) is 18.4 Å². The number of hydrogen-bond acceptors (Lipinski definition) is 5. The van der Waals surface area contributed by atoms with E-state index in [1.165, 1.54) is 30.3 Å². The molecule has 0 unspecified atom stereocenters. The Morgan fingerprint density at radius 1 is 0.902 bits per heavy atom. The molecule has 0 saturated heterocycles. The molecule has 0 aromatic heterocycles. The maximum Gasteiger partial charge on any atom is 0.416 e. The summed E-state index contributed by atoms with van der Waals surface area (Å²) in [4.78, 5) is 13.3. The Hall–Kier alpha value is -4.42. The molecule has 0 aliphatic rings. The van der Waals surface area contributed by atoms with E-state index in [9.17, 15) is 26.4 Å². The van der Waals surface area contributed by atoms with Crippen LogP contribution >= 0.6 is 0 Å². The van der Waals surface area contributed by atoms with E-state index < -0.39 is 33.4 Å². The van der Waals surface area contributed by atoms with Crippen LogP contribution in [-0.2, 0) is 29.1 Å². The Balaban J connectivity index is 1.63. The van der Waals surface area contributed by atoms with Gasteiger partial charge in [0.05, 0.1) is 28.4 Å². The molecule has 0 aliphatic carbocycles. The van der Waals surface area contributed by atoms with Crippen LogP contribution in [0, 0.1) is 5.82 Å². The van der Waals surface area contributed by atoms with E-state index in [-0.39, 0.29) is 34.8 Å². The minimum atomic E-state index is -4.58. The maximum atomic E-state index is 15.2. The first kappa shape index (κ1) is 29.6. The number of halogens is 4. The van der Waals surface area contributed by atoms with E-state index in [1.54, 1.807) is 42.5 Å². The van der Waals surface area contributed by atoms with Crippen molar-refractivity contribution in [3.63, 3.8) is 0 Å². The van der Waals surface area contributed by atoms with E-state index in [4.69, 9.17) is 5.73 Å². The van der Waals surface area contributed by atoms with Crippen LogP contribution in [0.5, 0.6) is 0 Å². The number of amides is 2. The molecule has 0 bridgehead atoms. The first-order chi connectivity index (χ1) is 19.3. The molecule has 0 aliphatic heterocycles. The summed E-state index contributed by atoms with van der Waals surface area (Å²) in [7, 11) is -3.60. The number of rotatable bonds is 8. The third-order valence-electron chi connectivity index (χ3n) is 6.08. The van der Waals surface area contributed by atoms with Gasteiger partial charge in [-0.2, -0.15) is 13.2 Å². The lowest BCUT2D eigenvalue weighted by Crippen LogP contribution is -2.39. The van der Waals surface area contributed by atoms with Gasteiger partial charge in [-0.1, -0.05) is 48.5 Å². The molecule has 4 aromatic rings. The summed E-state index contributed by atoms with van der Waals surface area (Å²) >= 11 is 0. The monoisotopic (exact) mass is 586 g/mol. The summed E-state index contributed by atoms with van der Waals surface area (Å²) in [6.45, 7) is -0.0839. The first-order valence-corrected chi connectivity index (χ1v) is 14.1. The van der Waals surface area contributed by atoms with Crippen molar-refractivity contribution in [1.29, 1.82) is 0 Å². The van der Waals surface area contributed by atoms with Crippen molar-refractivity contribution >= 4 is 27.2 Å². The van der Waals surface area contributed by atoms with E-state index in [1.807, 2.05) is 0 Å². The van der Waals surface area contributed by atoms with Crippen molar-refractivity contribution in [1.82, 2.24) is 5.01 Å². The second-order valence-electron chi connectivity index (χ2n) is 9.19. The van der Waals surface area contributed by atoms with Crippen molar-refractivity contribution in [2.75, 3.05) is 17.0 Å². The van der Waals surface area contributed by atoms with Gasteiger partial charge in [-0.15, -0.1) is 0 Å². The third kappa shape index (κ3) is 7.41. The van der Waals surface area contributed by atoms with Gasteiger partial charge >= 0.3 is 12.2 Å². The number of nitrogens with zero attached hydrogens (tertiary/aromatic N) is 1. The number of urea groups is 1. The van der Waals surface area contributed by atoms with Gasteiger partial charge in [-0.25, -0.2) is 22.6 Å². The second kappa shape index (κ2) is 12.0. The van der Waals surface area contributed by atoms with E-state index >= 15 is 4.39 Å². The first-order valence-electron chi connectivity index (χ1n) is 12.2. The molecule has 2 amide bonds. The van der Waals surface area contributed by atoms with Crippen LogP contribution in [0.1, 0.15) is 16.7 Å². The number of carbonyl (C=O) groups excluding carboxylic acids is 1. The predicted molar refractivity (Wildman–Crippen MR) is 149 cm³/mol. The number of anilines is 2. The molecular formula is C29H26F4N4O3S. The van der Waals surface area contributed by atoms with Gasteiger partial charge in [0.1, 0.15) is 5.82 Å². The Bertz CT molecular complexity index is 1680. The molecule has 7 nitrogen and oxygen atoms in total. The molecule has 41 heavy (non-hydrogen) atoms. The summed E-state index contributed by atoms with van der Waals surface area (Å²) in [5, 5.41) is 3.44. The van der Waals surface area contributed by atoms with Crippen LogP contribution in [0.2, 0.25) is 0 Å². The summed E-state index contributed by atoms with van der Waals surface area (Å²) in [6, 6.07) is 20.4. The molecular weight excluding hydrogens is 560 g/mol. The zero-order valence-corrected chi connectivity index (χ0v) is 22.6. The molecule has 4 N–H and O–H groups in total. The molecule has 0 fully saturated rings. The molecule has 4 aromatic carbocycles. The number of nitrogens with one attached hydrogen (secondary N) is 2. The fourth-order valence-corrected chi connectivity index (χ4v) is 5.02. The fourth-order valence-electron chi connectivity index (χ4n) is 4.11. The molecule has 12 heteroatoms. The lowest BCUT2D eigenvalue weighted by molar-refractivity contribution is -0.137. The number of hydrazine groups is 1. The van der Waals surface area contributed by atoms with E-state index in [0.29, 0.717) is 11.3 Å². The Kier molecular flexibility index (Phi) is 8.64. The minimum absolute atomic E-state index is 0.0207. The summed E-state index contributed by atoms with van der Waals surface area (Å²) in [5.41, 5.74) is 9.37. The van der Waals surface area contributed by atoms with Crippen molar-refractivity contribution in [2.45, 2.75) is 24.2 Å². The standard InChI is InChI=1S/C29H26F4N4O3S/c1-41(39,40)27-11-3-2-10-24(27)21-12-13-26(25(30)16-21)35-28(38)37(36-23-9-5-6-19(15-23)17-34)18-20-7-4-8-22(14-20)29(31,32)33/h2-16,36H,17-18,34H2,1H3,(H,35,38). The lowest BCUT2D eigenvalue weighted by Gasteiger charge is -2.25. The summed E-state index contributed by atoms with van der Waals surface area (Å²) in [5.74, 6) is -0.844. The minimum Gasteiger partial charge on any atom is -0.326 e. The van der Waals surface area contributed by atoms with E-state index in [2.05, 4.69) is 10.7 Å². The van der Waals surface area contributed by atoms with Gasteiger partial charge in [-0.05, 0) is 59.2 Å². The van der Waals surface area contributed by atoms with Crippen LogP contribution in [-0.4, -0.2) is 25.7 Å². The molecule has 0 saturated carbocycles. The molecule has 214 valence electrons. The average Bonchev–Trinajstić information content (AvgIpc) is 2.93. The number of nitrogens with two attached hydrogens (primary N) is 1. The van der Waals surface area contributed by atoms with Crippen molar-refractivity contribution < 1.29 is 30.8 Å². The van der Waals surface area contributed by atoms with Gasteiger partial charge in [0.2, 0.25) is 0 Å². The van der Waals surface area contributed by atoms with Gasteiger partial charge in [0.15, 0.2) is 9.84 Å². The maximum absolute atomic E-state index is 15.2. The topological polar surface area (TPSA) is 105 Å². The van der Waals surface area contributed by atoms with Gasteiger partial charge in [-0.3, -0.25) is 5.43 Å². The van der Waals surface area contributed by atoms with Crippen molar-refractivity contribution in [2.24, 2.45) is 5.73 Å². The third-order valence-corrected chi connectivity index (χ3v) is 7.23. The Morgan fingerprint density at radius 2 is 1.61 bits per heavy atom. The number of benzene rings is 4. The smallest absolute Gasteiger partial charge is 0.326 e. The van der Waals surface area contributed by atoms with Gasteiger partial charge < -0.3 is 11.1 Å². The quantitative estimate of drug-likeness (QED) is 0.163. The van der Waals surface area contributed by atoms with Crippen LogP contribution in [0.4, 0.5) is 33.7 Å². The van der Waals surface area contributed by atoms with Crippen molar-refractivity contribution in [3.8, 4) is 11.1 Å². The highest BCUT2D eigenvalue weighted by atomic mass is 32.2. The van der Waals surface area contributed by atoms with Crippen LogP contribution in [0.15, 0.2) is 95.9 Å². The zero-order chi connectivity index (χ0) is 29.8. The lowest BCUT2D eigenvalue weighted by atomic mass is 10.1.